The molecule has 0 unspecified atom stereocenters. The number of aliphatic imine (C=N–C) groups is 1. The zero-order valence-electron chi connectivity index (χ0n) is 16.9. The van der Waals surface area contributed by atoms with Crippen molar-refractivity contribution in [1.29, 1.82) is 0 Å². The van der Waals surface area contributed by atoms with Crippen molar-refractivity contribution in [1.82, 2.24) is 15.6 Å². The van der Waals surface area contributed by atoms with E-state index in [-0.39, 0.29) is 10.6 Å². The number of hydrogen-bond acceptors (Lipinski definition) is 5. The van der Waals surface area contributed by atoms with Gasteiger partial charge in [0, 0.05) is 31.3 Å². The lowest BCUT2D eigenvalue weighted by Crippen LogP contribution is -2.37. The van der Waals surface area contributed by atoms with Gasteiger partial charge in [0.2, 0.25) is 5.89 Å². The van der Waals surface area contributed by atoms with Crippen LogP contribution in [0.4, 0.5) is 5.69 Å². The second-order valence-electron chi connectivity index (χ2n) is 6.74. The minimum absolute atomic E-state index is 0.123. The summed E-state index contributed by atoms with van der Waals surface area (Å²) in [6, 6.07) is 16.5. The van der Waals surface area contributed by atoms with Crippen molar-refractivity contribution in [3.63, 3.8) is 0 Å². The van der Waals surface area contributed by atoms with Crippen LogP contribution in [0.2, 0.25) is 0 Å². The Balaban J connectivity index is 1.36. The number of rotatable bonds is 9. The summed E-state index contributed by atoms with van der Waals surface area (Å²) >= 11 is 0. The molecule has 3 rings (SSSR count). The number of hydrogen-bond donors (Lipinski definition) is 2. The minimum Gasteiger partial charge on any atom is -0.444 e. The van der Waals surface area contributed by atoms with Crippen molar-refractivity contribution in [2.75, 3.05) is 13.6 Å². The number of unbranched alkanes of at least 4 members (excludes halogenated alkanes) is 1. The van der Waals surface area contributed by atoms with Gasteiger partial charge in [-0.25, -0.2) is 4.98 Å². The molecule has 0 saturated carbocycles. The molecule has 0 amide bonds. The summed E-state index contributed by atoms with van der Waals surface area (Å²) in [5.41, 5.74) is 2.97. The Bertz CT molecular complexity index is 968. The molecule has 0 radical (unpaired) electrons. The molecule has 30 heavy (non-hydrogen) atoms. The third-order valence-electron chi connectivity index (χ3n) is 4.56. The van der Waals surface area contributed by atoms with Gasteiger partial charge in [0.05, 0.1) is 17.2 Å². The Hall–Kier alpha value is -3.68. The van der Waals surface area contributed by atoms with E-state index in [9.17, 15) is 10.1 Å². The smallest absolute Gasteiger partial charge is 0.269 e. The number of guanidine groups is 1. The first-order valence-corrected chi connectivity index (χ1v) is 9.83. The Morgan fingerprint density at radius 3 is 2.57 bits per heavy atom. The van der Waals surface area contributed by atoms with Crippen LogP contribution in [0.15, 0.2) is 70.3 Å². The molecule has 3 aromatic rings. The number of nitro groups is 1. The molecule has 0 fully saturated rings. The number of aryl methyl sites for hydroxylation is 1. The van der Waals surface area contributed by atoms with Crippen LogP contribution in [0.25, 0.3) is 11.5 Å². The summed E-state index contributed by atoms with van der Waals surface area (Å²) in [6.07, 6.45) is 4.46. The average Bonchev–Trinajstić information content (AvgIpc) is 3.25. The normalized spacial score (nSPS) is 11.3. The van der Waals surface area contributed by atoms with Crippen LogP contribution in [-0.2, 0) is 13.0 Å². The Morgan fingerprint density at radius 1 is 1.10 bits per heavy atom. The number of nitrogens with one attached hydrogen (secondary N) is 2. The lowest BCUT2D eigenvalue weighted by molar-refractivity contribution is -0.384. The number of nitro benzene ring substituents is 1. The summed E-state index contributed by atoms with van der Waals surface area (Å²) in [7, 11) is 1.73. The van der Waals surface area contributed by atoms with Gasteiger partial charge in [-0.2, -0.15) is 0 Å². The van der Waals surface area contributed by atoms with Gasteiger partial charge < -0.3 is 15.1 Å². The van der Waals surface area contributed by atoms with E-state index in [1.807, 2.05) is 42.5 Å². The van der Waals surface area contributed by atoms with Gasteiger partial charge in [0.25, 0.3) is 5.69 Å². The molecule has 2 aromatic carbocycles. The lowest BCUT2D eigenvalue weighted by atomic mass is 10.1. The van der Waals surface area contributed by atoms with Crippen LogP contribution < -0.4 is 10.6 Å². The van der Waals surface area contributed by atoms with Gasteiger partial charge in [0.1, 0.15) is 6.26 Å². The lowest BCUT2D eigenvalue weighted by Gasteiger charge is -2.10. The van der Waals surface area contributed by atoms with Crippen molar-refractivity contribution in [2.45, 2.75) is 25.8 Å². The molecule has 0 spiro atoms. The first-order valence-electron chi connectivity index (χ1n) is 9.83. The highest BCUT2D eigenvalue weighted by Crippen LogP contribution is 2.17. The maximum atomic E-state index is 10.7. The maximum Gasteiger partial charge on any atom is 0.269 e. The Kier molecular flexibility index (Phi) is 7.54. The van der Waals surface area contributed by atoms with E-state index < -0.39 is 0 Å². The molecule has 8 heteroatoms. The van der Waals surface area contributed by atoms with Gasteiger partial charge in [-0.1, -0.05) is 30.3 Å². The Morgan fingerprint density at radius 2 is 1.87 bits per heavy atom. The van der Waals surface area contributed by atoms with Crippen molar-refractivity contribution in [3.05, 3.63) is 82.2 Å². The minimum atomic E-state index is -0.381. The fourth-order valence-electron chi connectivity index (χ4n) is 2.94. The molecule has 0 saturated heterocycles. The number of non-ortho nitro benzene ring substituents is 1. The number of aromatic nitrogens is 1. The highest BCUT2D eigenvalue weighted by Gasteiger charge is 2.07. The van der Waals surface area contributed by atoms with Crippen LogP contribution in [0.1, 0.15) is 24.1 Å². The molecule has 1 heterocycles. The average molecular weight is 407 g/mol. The third-order valence-corrected chi connectivity index (χ3v) is 4.56. The van der Waals surface area contributed by atoms with Gasteiger partial charge in [-0.15, -0.1) is 0 Å². The zero-order chi connectivity index (χ0) is 21.2. The first-order chi connectivity index (χ1) is 14.7. The van der Waals surface area contributed by atoms with Crippen LogP contribution in [0, 0.1) is 10.1 Å². The molecule has 1 aromatic heterocycles. The SMILES string of the molecule is CN=C(NCCCCc1ccc([N+](=O)[O-])cc1)NCc1coc(-c2ccccc2)n1. The van der Waals surface area contributed by atoms with Gasteiger partial charge >= 0.3 is 0 Å². The fourth-order valence-corrected chi connectivity index (χ4v) is 2.94. The van der Waals surface area contributed by atoms with E-state index >= 15 is 0 Å². The van der Waals surface area contributed by atoms with Gasteiger partial charge in [-0.05, 0) is 37.0 Å². The predicted octanol–water partition coefficient (Wildman–Crippen LogP) is 3.94. The summed E-state index contributed by atoms with van der Waals surface area (Å²) in [4.78, 5) is 19.0. The van der Waals surface area contributed by atoms with Crippen molar-refractivity contribution >= 4 is 11.6 Å². The van der Waals surface area contributed by atoms with Crippen LogP contribution in [0.3, 0.4) is 0 Å². The topological polar surface area (TPSA) is 106 Å². The van der Waals surface area contributed by atoms with E-state index in [2.05, 4.69) is 20.6 Å². The maximum absolute atomic E-state index is 10.7. The summed E-state index contributed by atoms with van der Waals surface area (Å²) < 4.78 is 5.54. The molecular formula is C22H25N5O3. The molecule has 0 aliphatic heterocycles. The van der Waals surface area contributed by atoms with E-state index in [0.717, 1.165) is 42.6 Å². The van der Waals surface area contributed by atoms with Crippen LogP contribution >= 0.6 is 0 Å². The highest BCUT2D eigenvalue weighted by atomic mass is 16.6. The first kappa shape index (κ1) is 21.0. The number of oxazole rings is 1. The molecule has 0 aliphatic rings. The standard InChI is InChI=1S/C22H25N5O3/c1-23-22(24-14-6-5-7-17-10-12-20(13-11-17)27(28)29)25-15-19-16-30-21(26-19)18-8-3-2-4-9-18/h2-4,8-13,16H,5-7,14-15H2,1H3,(H2,23,24,25). The van der Waals surface area contributed by atoms with E-state index in [1.54, 1.807) is 25.4 Å². The predicted molar refractivity (Wildman–Crippen MR) is 116 cm³/mol. The van der Waals surface area contributed by atoms with E-state index in [4.69, 9.17) is 4.42 Å². The van der Waals surface area contributed by atoms with E-state index in [0.29, 0.717) is 18.4 Å². The zero-order valence-corrected chi connectivity index (χ0v) is 16.9. The number of nitrogens with zero attached hydrogens (tertiary/aromatic N) is 3. The summed E-state index contributed by atoms with van der Waals surface area (Å²) in [5, 5.41) is 17.2. The molecule has 0 aliphatic carbocycles. The largest absolute Gasteiger partial charge is 0.444 e. The van der Waals surface area contributed by atoms with Crippen molar-refractivity contribution in [2.24, 2.45) is 4.99 Å². The van der Waals surface area contributed by atoms with Crippen LogP contribution in [0.5, 0.6) is 0 Å². The highest BCUT2D eigenvalue weighted by molar-refractivity contribution is 5.79. The summed E-state index contributed by atoms with van der Waals surface area (Å²) in [6.45, 7) is 1.29. The summed E-state index contributed by atoms with van der Waals surface area (Å²) in [5.74, 6) is 1.30. The van der Waals surface area contributed by atoms with Crippen molar-refractivity contribution in [3.8, 4) is 11.5 Å². The molecule has 2 N–H and O–H groups in total. The van der Waals surface area contributed by atoms with E-state index in [1.165, 1.54) is 0 Å². The molecular weight excluding hydrogens is 382 g/mol. The number of benzene rings is 2. The fraction of sp³-hybridized carbons (Fsp3) is 0.273. The van der Waals surface area contributed by atoms with Gasteiger partial charge in [0.15, 0.2) is 5.96 Å². The second kappa shape index (κ2) is 10.8. The third kappa shape index (κ3) is 6.16. The van der Waals surface area contributed by atoms with Gasteiger partial charge in [-0.3, -0.25) is 15.1 Å². The molecule has 8 nitrogen and oxygen atoms in total. The second-order valence-corrected chi connectivity index (χ2v) is 6.74. The van der Waals surface area contributed by atoms with Crippen molar-refractivity contribution < 1.29 is 9.34 Å². The monoisotopic (exact) mass is 407 g/mol. The quantitative estimate of drug-likeness (QED) is 0.183. The molecule has 156 valence electrons. The molecule has 0 atom stereocenters. The Labute approximate surface area is 175 Å². The van der Waals surface area contributed by atoms with Crippen LogP contribution in [-0.4, -0.2) is 29.5 Å². The molecule has 0 bridgehead atoms.